The van der Waals surface area contributed by atoms with Crippen molar-refractivity contribution in [1.29, 1.82) is 0 Å². The number of ether oxygens (including phenoxy) is 1. The van der Waals surface area contributed by atoms with Crippen LogP contribution in [0.2, 0.25) is 0 Å². The van der Waals surface area contributed by atoms with Crippen LogP contribution in [-0.4, -0.2) is 38.9 Å². The van der Waals surface area contributed by atoms with Crippen molar-refractivity contribution in [1.82, 2.24) is 0 Å². The summed E-state index contributed by atoms with van der Waals surface area (Å²) in [5.74, 6) is -0.115. The molecule has 88 valence electrons. The van der Waals surface area contributed by atoms with E-state index in [9.17, 15) is 13.2 Å². The monoisotopic (exact) mass is 234 g/mol. The van der Waals surface area contributed by atoms with Crippen LogP contribution in [0.25, 0.3) is 0 Å². The zero-order valence-electron chi connectivity index (χ0n) is 9.23. The molecule has 0 aliphatic heterocycles. The van der Waals surface area contributed by atoms with E-state index in [1.807, 2.05) is 0 Å². The van der Waals surface area contributed by atoms with Gasteiger partial charge in [-0.1, -0.05) is 6.92 Å². The fraction of sp³-hybridized carbons (Fsp3) is 0.900. The Morgan fingerprint density at radius 2 is 2.13 bits per heavy atom. The van der Waals surface area contributed by atoms with Crippen molar-refractivity contribution >= 4 is 15.6 Å². The third-order valence-corrected chi connectivity index (χ3v) is 5.40. The zero-order chi connectivity index (χ0) is 11.5. The van der Waals surface area contributed by atoms with E-state index in [0.29, 0.717) is 25.9 Å². The molecule has 1 aliphatic carbocycles. The van der Waals surface area contributed by atoms with Crippen molar-refractivity contribution < 1.29 is 17.9 Å². The molecular weight excluding hydrogens is 216 g/mol. The Kier molecular flexibility index (Phi) is 4.28. The van der Waals surface area contributed by atoms with Gasteiger partial charge in [0.1, 0.15) is 5.78 Å². The summed E-state index contributed by atoms with van der Waals surface area (Å²) in [6, 6.07) is 0. The van der Waals surface area contributed by atoms with Crippen LogP contribution < -0.4 is 0 Å². The van der Waals surface area contributed by atoms with E-state index in [-0.39, 0.29) is 17.5 Å². The standard InChI is InChI=1S/C10H18O4S/c1-8-9(11)4-5-10(8)15(12,13)7-3-6-14-2/h8,10H,3-7H2,1-2H3. The van der Waals surface area contributed by atoms with Gasteiger partial charge in [-0.15, -0.1) is 0 Å². The van der Waals surface area contributed by atoms with Crippen LogP contribution in [-0.2, 0) is 19.4 Å². The second-order valence-corrected chi connectivity index (χ2v) is 6.38. The molecule has 0 heterocycles. The molecule has 0 aromatic carbocycles. The third kappa shape index (κ3) is 3.01. The molecule has 1 aliphatic rings. The Morgan fingerprint density at radius 1 is 1.47 bits per heavy atom. The molecular formula is C10H18O4S. The molecule has 0 saturated heterocycles. The maximum Gasteiger partial charge on any atom is 0.153 e. The number of sulfone groups is 1. The molecule has 1 saturated carbocycles. The van der Waals surface area contributed by atoms with Gasteiger partial charge in [-0.2, -0.15) is 0 Å². The number of ketones is 1. The van der Waals surface area contributed by atoms with Gasteiger partial charge in [-0.25, -0.2) is 8.42 Å². The molecule has 2 unspecified atom stereocenters. The Morgan fingerprint density at radius 3 is 2.60 bits per heavy atom. The third-order valence-electron chi connectivity index (χ3n) is 2.98. The molecule has 0 spiro atoms. The number of hydrogen-bond donors (Lipinski definition) is 0. The van der Waals surface area contributed by atoms with Gasteiger partial charge in [-0.05, 0) is 12.8 Å². The van der Waals surface area contributed by atoms with E-state index in [1.54, 1.807) is 14.0 Å². The summed E-state index contributed by atoms with van der Waals surface area (Å²) in [5, 5.41) is -0.457. The average Bonchev–Trinajstić information content (AvgIpc) is 2.48. The Labute approximate surface area is 90.9 Å². The topological polar surface area (TPSA) is 60.4 Å². The number of carbonyl (C=O) groups is 1. The lowest BCUT2D eigenvalue weighted by molar-refractivity contribution is -0.120. The lowest BCUT2D eigenvalue weighted by atomic mass is 10.1. The lowest BCUT2D eigenvalue weighted by Gasteiger charge is -2.14. The molecule has 0 bridgehead atoms. The van der Waals surface area contributed by atoms with Gasteiger partial charge < -0.3 is 4.74 Å². The molecule has 0 radical (unpaired) electrons. The van der Waals surface area contributed by atoms with Crippen molar-refractivity contribution in [3.8, 4) is 0 Å². The van der Waals surface area contributed by atoms with Crippen LogP contribution in [0.1, 0.15) is 26.2 Å². The molecule has 1 fully saturated rings. The molecule has 0 amide bonds. The quantitative estimate of drug-likeness (QED) is 0.660. The molecule has 0 N–H and O–H groups in total. The smallest absolute Gasteiger partial charge is 0.153 e. The van der Waals surface area contributed by atoms with E-state index >= 15 is 0 Å². The highest BCUT2D eigenvalue weighted by Crippen LogP contribution is 2.28. The number of methoxy groups -OCH3 is 1. The number of hydrogen-bond acceptors (Lipinski definition) is 4. The van der Waals surface area contributed by atoms with Gasteiger partial charge >= 0.3 is 0 Å². The summed E-state index contributed by atoms with van der Waals surface area (Å²) in [6.07, 6.45) is 1.42. The van der Waals surface area contributed by atoms with Crippen molar-refractivity contribution in [2.24, 2.45) is 5.92 Å². The van der Waals surface area contributed by atoms with Gasteiger partial charge in [0, 0.05) is 26.1 Å². The average molecular weight is 234 g/mol. The lowest BCUT2D eigenvalue weighted by Crippen LogP contribution is -2.28. The SMILES string of the molecule is COCCCS(=O)(=O)C1CCC(=O)C1C. The van der Waals surface area contributed by atoms with Crippen LogP contribution >= 0.6 is 0 Å². The van der Waals surface area contributed by atoms with Crippen molar-refractivity contribution in [3.05, 3.63) is 0 Å². The summed E-state index contributed by atoms with van der Waals surface area (Å²) in [7, 11) is -1.57. The first-order valence-corrected chi connectivity index (χ1v) is 6.94. The van der Waals surface area contributed by atoms with E-state index in [4.69, 9.17) is 4.74 Å². The maximum atomic E-state index is 11.9. The van der Waals surface area contributed by atoms with Crippen LogP contribution in [0, 0.1) is 5.92 Å². The highest BCUT2D eigenvalue weighted by atomic mass is 32.2. The number of Topliss-reactive ketones (excluding diaryl/α,β-unsaturated/α-hetero) is 1. The molecule has 5 heteroatoms. The Bertz CT molecular complexity index is 320. The van der Waals surface area contributed by atoms with E-state index < -0.39 is 15.1 Å². The first-order valence-electron chi connectivity index (χ1n) is 5.22. The van der Waals surface area contributed by atoms with Gasteiger partial charge in [0.2, 0.25) is 0 Å². The fourth-order valence-corrected chi connectivity index (χ4v) is 4.09. The molecule has 4 nitrogen and oxygen atoms in total. The maximum absolute atomic E-state index is 11.9. The van der Waals surface area contributed by atoms with E-state index in [2.05, 4.69) is 0 Å². The highest BCUT2D eigenvalue weighted by Gasteiger charge is 2.39. The predicted octanol–water partition coefficient (Wildman–Crippen LogP) is 0.805. The summed E-state index contributed by atoms with van der Waals surface area (Å²) in [5.41, 5.74) is 0. The summed E-state index contributed by atoms with van der Waals surface area (Å²) in [4.78, 5) is 11.3. The molecule has 1 rings (SSSR count). The van der Waals surface area contributed by atoms with Crippen LogP contribution in [0.3, 0.4) is 0 Å². The van der Waals surface area contributed by atoms with E-state index in [1.165, 1.54) is 0 Å². The molecule has 0 aromatic rings. The van der Waals surface area contributed by atoms with Crippen molar-refractivity contribution in [3.63, 3.8) is 0 Å². The number of carbonyl (C=O) groups excluding carboxylic acids is 1. The highest BCUT2D eigenvalue weighted by molar-refractivity contribution is 7.92. The summed E-state index contributed by atoms with van der Waals surface area (Å²) < 4.78 is 28.5. The van der Waals surface area contributed by atoms with Crippen LogP contribution in [0.4, 0.5) is 0 Å². The minimum absolute atomic E-state index is 0.0790. The fourth-order valence-electron chi connectivity index (χ4n) is 2.02. The van der Waals surface area contributed by atoms with Gasteiger partial charge in [0.25, 0.3) is 0 Å². The minimum Gasteiger partial charge on any atom is -0.385 e. The second-order valence-electron chi connectivity index (χ2n) is 4.05. The van der Waals surface area contributed by atoms with Crippen LogP contribution in [0.5, 0.6) is 0 Å². The first kappa shape index (κ1) is 12.6. The summed E-state index contributed by atoms with van der Waals surface area (Å²) >= 11 is 0. The Balaban J connectivity index is 2.58. The van der Waals surface area contributed by atoms with Gasteiger partial charge in [-0.3, -0.25) is 4.79 Å². The molecule has 0 aromatic heterocycles. The van der Waals surface area contributed by atoms with E-state index in [0.717, 1.165) is 0 Å². The first-order chi connectivity index (χ1) is 6.99. The van der Waals surface area contributed by atoms with Crippen LogP contribution in [0.15, 0.2) is 0 Å². The number of rotatable bonds is 5. The second kappa shape index (κ2) is 5.07. The normalized spacial score (nSPS) is 27.2. The van der Waals surface area contributed by atoms with Gasteiger partial charge in [0.15, 0.2) is 9.84 Å². The Hall–Kier alpha value is -0.420. The minimum atomic E-state index is -3.12. The van der Waals surface area contributed by atoms with Crippen molar-refractivity contribution in [2.75, 3.05) is 19.5 Å². The van der Waals surface area contributed by atoms with Crippen molar-refractivity contribution in [2.45, 2.75) is 31.4 Å². The van der Waals surface area contributed by atoms with Gasteiger partial charge in [0.05, 0.1) is 11.0 Å². The zero-order valence-corrected chi connectivity index (χ0v) is 10.0. The molecule has 15 heavy (non-hydrogen) atoms. The largest absolute Gasteiger partial charge is 0.385 e. The summed E-state index contributed by atoms with van der Waals surface area (Å²) in [6.45, 7) is 2.17. The molecule has 2 atom stereocenters. The predicted molar refractivity (Wildman–Crippen MR) is 57.5 cm³/mol.